The molecule has 0 aliphatic carbocycles. The van der Waals surface area contributed by atoms with Crippen LogP contribution in [0, 0.1) is 6.92 Å². The average molecular weight is 419 g/mol. The fraction of sp³-hybridized carbons (Fsp3) is 0.350. The van der Waals surface area contributed by atoms with Gasteiger partial charge in [0.2, 0.25) is 5.78 Å². The highest BCUT2D eigenvalue weighted by Gasteiger charge is 2.36. The van der Waals surface area contributed by atoms with E-state index in [9.17, 15) is 13.2 Å². The lowest BCUT2D eigenvalue weighted by Crippen LogP contribution is -3.18. The number of hydrogen-bond donors (Lipinski definition) is 2. The van der Waals surface area contributed by atoms with Crippen molar-refractivity contribution >= 4 is 38.0 Å². The van der Waals surface area contributed by atoms with Crippen LogP contribution in [-0.2, 0) is 10.0 Å². The lowest BCUT2D eigenvalue weighted by Gasteiger charge is -2.34. The van der Waals surface area contributed by atoms with Gasteiger partial charge in [-0.15, -0.1) is 11.3 Å². The molecule has 2 N–H and O–H groups in total. The third-order valence-electron chi connectivity index (χ3n) is 5.60. The Hall–Kier alpha value is -2.00. The lowest BCUT2D eigenvalue weighted by atomic mass is 10.0. The number of aryl methyl sites for hydroxylation is 1. The maximum absolute atomic E-state index is 13.2. The van der Waals surface area contributed by atoms with Gasteiger partial charge in [0.25, 0.3) is 10.0 Å². The number of H-pyrrole nitrogens is 1. The van der Waals surface area contributed by atoms with Crippen molar-refractivity contribution in [3.63, 3.8) is 0 Å². The number of carbonyl (C=O) groups excluding carboxylic acids is 1. The molecule has 0 saturated carbocycles. The molecule has 3 heterocycles. The minimum Gasteiger partial charge on any atom is -0.358 e. The molecule has 0 amide bonds. The molecular formula is C20H24N3O3S2+. The van der Waals surface area contributed by atoms with Gasteiger partial charge in [0, 0.05) is 16.6 Å². The highest BCUT2D eigenvalue weighted by molar-refractivity contribution is 7.91. The maximum Gasteiger partial charge on any atom is 0.252 e. The summed E-state index contributed by atoms with van der Waals surface area (Å²) in [5.74, 6) is 0.111. The van der Waals surface area contributed by atoms with E-state index in [-0.39, 0.29) is 11.8 Å². The van der Waals surface area contributed by atoms with E-state index in [1.165, 1.54) is 15.6 Å². The zero-order valence-corrected chi connectivity index (χ0v) is 17.6. The van der Waals surface area contributed by atoms with E-state index >= 15 is 0 Å². The minimum atomic E-state index is -3.42. The van der Waals surface area contributed by atoms with E-state index < -0.39 is 10.0 Å². The van der Waals surface area contributed by atoms with Gasteiger partial charge in [-0.1, -0.05) is 24.3 Å². The number of rotatable bonds is 5. The number of aromatic nitrogens is 1. The van der Waals surface area contributed by atoms with Crippen molar-refractivity contribution in [2.24, 2.45) is 0 Å². The van der Waals surface area contributed by atoms with Gasteiger partial charge in [-0.2, -0.15) is 4.31 Å². The van der Waals surface area contributed by atoms with Gasteiger partial charge in [0.1, 0.15) is 10.3 Å². The second-order valence-electron chi connectivity index (χ2n) is 7.25. The molecule has 0 bridgehead atoms. The van der Waals surface area contributed by atoms with Crippen molar-refractivity contribution < 1.29 is 18.1 Å². The summed E-state index contributed by atoms with van der Waals surface area (Å²) < 4.78 is 27.3. The first kappa shape index (κ1) is 19.3. The van der Waals surface area contributed by atoms with Crippen molar-refractivity contribution in [2.75, 3.05) is 26.2 Å². The number of sulfonamides is 1. The SMILES string of the molecule is Cc1[nH]c2ccccc2c1C(=O)[C@@H](C)[NH+]1CCN(S(=O)(=O)c2cccs2)CC1. The van der Waals surface area contributed by atoms with Gasteiger partial charge in [-0.25, -0.2) is 8.42 Å². The summed E-state index contributed by atoms with van der Waals surface area (Å²) >= 11 is 1.24. The van der Waals surface area contributed by atoms with Crippen LogP contribution < -0.4 is 4.90 Å². The molecule has 148 valence electrons. The first-order chi connectivity index (χ1) is 13.4. The monoisotopic (exact) mass is 418 g/mol. The third-order valence-corrected chi connectivity index (χ3v) is 8.87. The van der Waals surface area contributed by atoms with Crippen molar-refractivity contribution in [1.29, 1.82) is 0 Å². The number of hydrogen-bond acceptors (Lipinski definition) is 4. The van der Waals surface area contributed by atoms with Crippen LogP contribution in [0.5, 0.6) is 0 Å². The molecular weight excluding hydrogens is 394 g/mol. The number of nitrogens with zero attached hydrogens (tertiary/aromatic N) is 1. The molecule has 1 aliphatic heterocycles. The molecule has 6 nitrogen and oxygen atoms in total. The van der Waals surface area contributed by atoms with E-state index in [0.717, 1.165) is 27.1 Å². The van der Waals surface area contributed by atoms with E-state index in [1.807, 2.05) is 38.1 Å². The van der Waals surface area contributed by atoms with Gasteiger partial charge in [0.15, 0.2) is 0 Å². The third kappa shape index (κ3) is 3.30. The number of nitrogens with one attached hydrogen (secondary N) is 2. The highest BCUT2D eigenvalue weighted by atomic mass is 32.2. The number of quaternary nitrogens is 1. The zero-order chi connectivity index (χ0) is 19.9. The summed E-state index contributed by atoms with van der Waals surface area (Å²) in [4.78, 5) is 17.7. The Morgan fingerprint density at radius 1 is 1.18 bits per heavy atom. The van der Waals surface area contributed by atoms with Crippen LogP contribution in [0.4, 0.5) is 0 Å². The smallest absolute Gasteiger partial charge is 0.252 e. The molecule has 0 unspecified atom stereocenters. The van der Waals surface area contributed by atoms with Crippen molar-refractivity contribution in [1.82, 2.24) is 9.29 Å². The number of aromatic amines is 1. The number of benzene rings is 1. The molecule has 1 atom stereocenters. The summed E-state index contributed by atoms with van der Waals surface area (Å²) in [5.41, 5.74) is 2.61. The fourth-order valence-corrected chi connectivity index (χ4v) is 6.57. The molecule has 1 aliphatic rings. The first-order valence-electron chi connectivity index (χ1n) is 9.39. The Bertz CT molecular complexity index is 1100. The van der Waals surface area contributed by atoms with E-state index in [1.54, 1.807) is 17.5 Å². The topological polar surface area (TPSA) is 74.7 Å². The normalized spacial score (nSPS) is 17.8. The van der Waals surface area contributed by atoms with Crippen LogP contribution in [0.2, 0.25) is 0 Å². The Balaban J connectivity index is 1.49. The fourth-order valence-electron chi connectivity index (χ4n) is 3.98. The highest BCUT2D eigenvalue weighted by Crippen LogP contribution is 2.23. The van der Waals surface area contributed by atoms with Gasteiger partial charge in [-0.05, 0) is 31.4 Å². The van der Waals surface area contributed by atoms with E-state index in [4.69, 9.17) is 0 Å². The summed E-state index contributed by atoms with van der Waals surface area (Å²) in [5, 5.41) is 2.73. The van der Waals surface area contributed by atoms with Gasteiger partial charge in [0.05, 0.1) is 31.7 Å². The van der Waals surface area contributed by atoms with Gasteiger partial charge in [-0.3, -0.25) is 4.79 Å². The Kier molecular flexibility index (Phi) is 5.13. The van der Waals surface area contributed by atoms with Crippen LogP contribution in [0.1, 0.15) is 23.0 Å². The van der Waals surface area contributed by atoms with Crippen molar-refractivity contribution in [3.05, 3.63) is 53.0 Å². The van der Waals surface area contributed by atoms with Crippen LogP contribution in [0.3, 0.4) is 0 Å². The predicted octanol–water partition coefficient (Wildman–Crippen LogP) is 1.70. The zero-order valence-electron chi connectivity index (χ0n) is 15.9. The van der Waals surface area contributed by atoms with Gasteiger partial charge < -0.3 is 9.88 Å². The summed E-state index contributed by atoms with van der Waals surface area (Å²) in [6.45, 7) is 5.99. The van der Waals surface area contributed by atoms with Crippen molar-refractivity contribution in [2.45, 2.75) is 24.1 Å². The van der Waals surface area contributed by atoms with Crippen LogP contribution >= 0.6 is 11.3 Å². The largest absolute Gasteiger partial charge is 0.358 e. The van der Waals surface area contributed by atoms with E-state index in [0.29, 0.717) is 30.4 Å². The van der Waals surface area contributed by atoms with Crippen molar-refractivity contribution in [3.8, 4) is 0 Å². The second kappa shape index (κ2) is 7.44. The van der Waals surface area contributed by atoms with Crippen LogP contribution in [-0.4, -0.2) is 55.7 Å². The Morgan fingerprint density at radius 2 is 1.89 bits per heavy atom. The molecule has 1 aromatic carbocycles. The standard InChI is InChI=1S/C20H23N3O3S2/c1-14-19(16-6-3-4-7-17(16)21-14)20(24)15(2)22-9-11-23(12-10-22)28(25,26)18-8-5-13-27-18/h3-8,13,15,21H,9-12H2,1-2H3/p+1/t15-/m1/s1. The number of thiophene rings is 1. The number of carbonyl (C=O) groups is 1. The number of piperazine rings is 1. The van der Waals surface area contributed by atoms with Crippen LogP contribution in [0.15, 0.2) is 46.0 Å². The summed E-state index contributed by atoms with van der Waals surface area (Å²) in [6, 6.07) is 11.0. The predicted molar refractivity (Wildman–Crippen MR) is 111 cm³/mol. The average Bonchev–Trinajstić information content (AvgIpc) is 3.34. The quantitative estimate of drug-likeness (QED) is 0.620. The lowest BCUT2D eigenvalue weighted by molar-refractivity contribution is -0.917. The first-order valence-corrected chi connectivity index (χ1v) is 11.7. The maximum atomic E-state index is 13.2. The molecule has 0 spiro atoms. The minimum absolute atomic E-state index is 0.111. The molecule has 3 aromatic rings. The molecule has 0 radical (unpaired) electrons. The van der Waals surface area contributed by atoms with Gasteiger partial charge >= 0.3 is 0 Å². The number of Topliss-reactive ketones (excluding diaryl/α,β-unsaturated/α-hetero) is 1. The molecule has 4 rings (SSSR count). The molecule has 8 heteroatoms. The Labute approximate surface area is 168 Å². The summed E-state index contributed by atoms with van der Waals surface area (Å²) in [7, 11) is -3.42. The summed E-state index contributed by atoms with van der Waals surface area (Å²) in [6.07, 6.45) is 0. The molecule has 1 fully saturated rings. The molecule has 28 heavy (non-hydrogen) atoms. The molecule has 2 aromatic heterocycles. The van der Waals surface area contributed by atoms with E-state index in [2.05, 4.69) is 4.98 Å². The van der Waals surface area contributed by atoms with Crippen LogP contribution in [0.25, 0.3) is 10.9 Å². The Morgan fingerprint density at radius 3 is 2.57 bits per heavy atom. The number of para-hydroxylation sites is 1. The second-order valence-corrected chi connectivity index (χ2v) is 10.4. The number of fused-ring (bicyclic) bond motifs is 1. The number of ketones is 1. The molecule has 1 saturated heterocycles.